The molecule has 142 valence electrons. The molecule has 5 rings (SSSR count). The minimum atomic E-state index is 0.813. The zero-order chi connectivity index (χ0) is 19.6. The van der Waals surface area contributed by atoms with E-state index in [1.807, 2.05) is 0 Å². The van der Waals surface area contributed by atoms with Crippen LogP contribution in [-0.2, 0) is 6.42 Å². The van der Waals surface area contributed by atoms with Gasteiger partial charge in [0.2, 0.25) is 0 Å². The number of rotatable bonds is 5. The van der Waals surface area contributed by atoms with E-state index in [2.05, 4.69) is 97.9 Å². The summed E-state index contributed by atoms with van der Waals surface area (Å²) < 4.78 is 0. The van der Waals surface area contributed by atoms with Crippen molar-refractivity contribution in [1.29, 1.82) is 0 Å². The molecule has 0 atom stereocenters. The Morgan fingerprint density at radius 2 is 1.28 bits per heavy atom. The van der Waals surface area contributed by atoms with Gasteiger partial charge in [0.15, 0.2) is 0 Å². The maximum atomic E-state index is 5.30. The Bertz CT molecular complexity index is 1110. The molecule has 4 aromatic rings. The van der Waals surface area contributed by atoms with E-state index in [-0.39, 0.29) is 0 Å². The summed E-state index contributed by atoms with van der Waals surface area (Å²) in [4.78, 5) is 5.30. The second-order valence-electron chi connectivity index (χ2n) is 8.14. The van der Waals surface area contributed by atoms with Crippen molar-refractivity contribution in [2.45, 2.75) is 26.2 Å². The number of nitrogens with zero attached hydrogens (tertiary/aromatic N) is 1. The molecule has 0 spiro atoms. The van der Waals surface area contributed by atoms with Crippen molar-refractivity contribution in [2.24, 2.45) is 5.92 Å². The van der Waals surface area contributed by atoms with Crippen LogP contribution >= 0.6 is 0 Å². The van der Waals surface area contributed by atoms with Crippen LogP contribution in [0.3, 0.4) is 0 Å². The van der Waals surface area contributed by atoms with Crippen LogP contribution in [-0.4, -0.2) is 4.98 Å². The average molecular weight is 376 g/mol. The van der Waals surface area contributed by atoms with Gasteiger partial charge in [-0.15, -0.1) is 0 Å². The van der Waals surface area contributed by atoms with Gasteiger partial charge >= 0.3 is 0 Å². The van der Waals surface area contributed by atoms with Crippen molar-refractivity contribution < 1.29 is 0 Å². The van der Waals surface area contributed by atoms with Gasteiger partial charge in [0.25, 0.3) is 0 Å². The molecule has 1 fully saturated rings. The molecule has 1 aliphatic rings. The molecule has 1 aromatic heterocycles. The van der Waals surface area contributed by atoms with Crippen LogP contribution in [0.25, 0.3) is 33.6 Å². The molecule has 0 N–H and O–H groups in total. The summed E-state index contributed by atoms with van der Waals surface area (Å²) in [5.74, 6) is 0.813. The highest BCUT2D eigenvalue weighted by atomic mass is 14.7. The third-order valence-electron chi connectivity index (χ3n) is 5.76. The zero-order valence-electron chi connectivity index (χ0n) is 16.8. The maximum absolute atomic E-state index is 5.30. The van der Waals surface area contributed by atoms with Gasteiger partial charge < -0.3 is 0 Å². The Kier molecular flexibility index (Phi) is 4.73. The summed E-state index contributed by atoms with van der Waals surface area (Å²) in [6.07, 6.45) is 3.80. The van der Waals surface area contributed by atoms with Crippen molar-refractivity contribution >= 4 is 0 Å². The molecular formula is C28H25N. The molecule has 0 unspecified atom stereocenters. The number of aryl methyl sites for hydroxylation is 1. The summed E-state index contributed by atoms with van der Waals surface area (Å²) in [5, 5.41) is 0. The fraction of sp³-hybridized carbons (Fsp3) is 0.179. The lowest BCUT2D eigenvalue weighted by Gasteiger charge is -2.17. The number of aromatic nitrogens is 1. The van der Waals surface area contributed by atoms with E-state index >= 15 is 0 Å². The van der Waals surface area contributed by atoms with Crippen LogP contribution in [0.1, 0.15) is 24.0 Å². The SMILES string of the molecule is Cc1ccc(-c2nc(-c3ccccc3)c(CC3CC3)cc2-c2ccccc2)cc1. The first kappa shape index (κ1) is 17.9. The summed E-state index contributed by atoms with van der Waals surface area (Å²) >= 11 is 0. The smallest absolute Gasteiger partial charge is 0.0788 e. The molecule has 1 saturated carbocycles. The van der Waals surface area contributed by atoms with Gasteiger partial charge in [0.05, 0.1) is 11.4 Å². The summed E-state index contributed by atoms with van der Waals surface area (Å²) in [6, 6.07) is 32.5. The Morgan fingerprint density at radius 1 is 0.690 bits per heavy atom. The Labute approximate surface area is 173 Å². The minimum Gasteiger partial charge on any atom is -0.247 e. The highest BCUT2D eigenvalue weighted by Gasteiger charge is 2.25. The van der Waals surface area contributed by atoms with Gasteiger partial charge in [-0.2, -0.15) is 0 Å². The first-order valence-corrected chi connectivity index (χ1v) is 10.5. The Balaban J connectivity index is 1.75. The normalized spacial score (nSPS) is 13.4. The second kappa shape index (κ2) is 7.67. The van der Waals surface area contributed by atoms with Crippen molar-refractivity contribution in [3.05, 3.63) is 102 Å². The van der Waals surface area contributed by atoms with E-state index in [9.17, 15) is 0 Å². The fourth-order valence-corrected chi connectivity index (χ4v) is 3.96. The van der Waals surface area contributed by atoms with Gasteiger partial charge in [-0.25, -0.2) is 4.98 Å². The molecule has 1 nitrogen and oxygen atoms in total. The van der Waals surface area contributed by atoms with Crippen molar-refractivity contribution in [3.8, 4) is 33.6 Å². The van der Waals surface area contributed by atoms with Crippen LogP contribution in [0.4, 0.5) is 0 Å². The van der Waals surface area contributed by atoms with E-state index in [0.717, 1.165) is 23.7 Å². The van der Waals surface area contributed by atoms with Gasteiger partial charge in [-0.05, 0) is 49.3 Å². The summed E-state index contributed by atoms with van der Waals surface area (Å²) in [5.41, 5.74) is 9.66. The Hall–Kier alpha value is -3.19. The first-order valence-electron chi connectivity index (χ1n) is 10.5. The van der Waals surface area contributed by atoms with Gasteiger partial charge in [0.1, 0.15) is 0 Å². The number of pyridine rings is 1. The van der Waals surface area contributed by atoms with Crippen LogP contribution < -0.4 is 0 Å². The number of benzene rings is 3. The maximum Gasteiger partial charge on any atom is 0.0788 e. The molecule has 3 aromatic carbocycles. The van der Waals surface area contributed by atoms with Crippen LogP contribution in [0.2, 0.25) is 0 Å². The average Bonchev–Trinajstić information content (AvgIpc) is 3.59. The van der Waals surface area contributed by atoms with E-state index in [4.69, 9.17) is 4.98 Å². The van der Waals surface area contributed by atoms with Crippen molar-refractivity contribution in [2.75, 3.05) is 0 Å². The predicted molar refractivity (Wildman–Crippen MR) is 122 cm³/mol. The van der Waals surface area contributed by atoms with E-state index in [1.165, 1.54) is 46.2 Å². The lowest BCUT2D eigenvalue weighted by atomic mass is 9.92. The monoisotopic (exact) mass is 375 g/mol. The molecule has 1 aliphatic carbocycles. The highest BCUT2D eigenvalue weighted by Crippen LogP contribution is 2.39. The summed E-state index contributed by atoms with van der Waals surface area (Å²) in [6.45, 7) is 2.13. The molecule has 29 heavy (non-hydrogen) atoms. The van der Waals surface area contributed by atoms with Crippen molar-refractivity contribution in [3.63, 3.8) is 0 Å². The zero-order valence-corrected chi connectivity index (χ0v) is 16.8. The third-order valence-corrected chi connectivity index (χ3v) is 5.76. The topological polar surface area (TPSA) is 12.9 Å². The predicted octanol–water partition coefficient (Wildman–Crippen LogP) is 7.34. The number of hydrogen-bond acceptors (Lipinski definition) is 1. The van der Waals surface area contributed by atoms with Gasteiger partial charge in [-0.3, -0.25) is 0 Å². The molecule has 0 amide bonds. The first-order chi connectivity index (χ1) is 14.3. The highest BCUT2D eigenvalue weighted by molar-refractivity contribution is 5.84. The largest absolute Gasteiger partial charge is 0.247 e. The van der Waals surface area contributed by atoms with E-state index < -0.39 is 0 Å². The lowest BCUT2D eigenvalue weighted by Crippen LogP contribution is -2.00. The number of hydrogen-bond donors (Lipinski definition) is 0. The minimum absolute atomic E-state index is 0.813. The van der Waals surface area contributed by atoms with E-state index in [0.29, 0.717) is 0 Å². The van der Waals surface area contributed by atoms with E-state index in [1.54, 1.807) is 0 Å². The molecule has 0 radical (unpaired) electrons. The van der Waals surface area contributed by atoms with Crippen molar-refractivity contribution in [1.82, 2.24) is 4.98 Å². The molecular weight excluding hydrogens is 350 g/mol. The molecule has 1 heteroatoms. The second-order valence-corrected chi connectivity index (χ2v) is 8.14. The molecule has 0 saturated heterocycles. The van der Waals surface area contributed by atoms with Crippen LogP contribution in [0.15, 0.2) is 91.0 Å². The fourth-order valence-electron chi connectivity index (χ4n) is 3.96. The third kappa shape index (κ3) is 3.86. The lowest BCUT2D eigenvalue weighted by molar-refractivity contribution is 0.830. The summed E-state index contributed by atoms with van der Waals surface area (Å²) in [7, 11) is 0. The van der Waals surface area contributed by atoms with Gasteiger partial charge in [0, 0.05) is 16.7 Å². The van der Waals surface area contributed by atoms with Crippen LogP contribution in [0, 0.1) is 12.8 Å². The molecule has 0 bridgehead atoms. The molecule has 0 aliphatic heterocycles. The standard InChI is InChI=1S/C28H25N/c1-20-12-16-24(17-13-20)28-26(22-8-4-2-5-9-22)19-25(18-21-14-15-21)27(29-28)23-10-6-3-7-11-23/h2-13,16-17,19,21H,14-15,18H2,1H3. The Morgan fingerprint density at radius 3 is 1.90 bits per heavy atom. The quantitative estimate of drug-likeness (QED) is 0.355. The van der Waals surface area contributed by atoms with Crippen LogP contribution in [0.5, 0.6) is 0 Å². The molecule has 1 heterocycles. The van der Waals surface area contributed by atoms with Gasteiger partial charge in [-0.1, -0.05) is 90.5 Å².